The van der Waals surface area contributed by atoms with E-state index in [1.54, 1.807) is 13.2 Å². The predicted octanol–water partition coefficient (Wildman–Crippen LogP) is 9.05. The second-order valence-electron chi connectivity index (χ2n) is 15.7. The number of unbranched alkanes of at least 4 members (excludes halogenated alkanes) is 1. The van der Waals surface area contributed by atoms with E-state index in [0.717, 1.165) is 47.9 Å². The first-order chi connectivity index (χ1) is 24.2. The smallest absolute Gasteiger partial charge is 0.411 e. The predicted molar refractivity (Wildman–Crippen MR) is 205 cm³/mol. The van der Waals surface area contributed by atoms with E-state index in [1.807, 2.05) is 48.5 Å². The molecule has 0 saturated carbocycles. The van der Waals surface area contributed by atoms with Crippen LogP contribution in [0.2, 0.25) is 23.2 Å². The molecule has 3 aromatic carbocycles. The van der Waals surface area contributed by atoms with Crippen LogP contribution in [0, 0.1) is 0 Å². The van der Waals surface area contributed by atoms with Gasteiger partial charge in [0.2, 0.25) is 5.91 Å². The number of likely N-dealkylation sites (N-methyl/N-ethyl adjacent to an activating group) is 1. The largest absolute Gasteiger partial charge is 0.496 e. The van der Waals surface area contributed by atoms with Gasteiger partial charge in [0.15, 0.2) is 8.32 Å². The van der Waals surface area contributed by atoms with Gasteiger partial charge in [0.1, 0.15) is 24.1 Å². The van der Waals surface area contributed by atoms with Crippen LogP contribution in [0.3, 0.4) is 0 Å². The fourth-order valence-electron chi connectivity index (χ4n) is 7.10. The van der Waals surface area contributed by atoms with E-state index in [2.05, 4.69) is 62.5 Å². The van der Waals surface area contributed by atoms with Gasteiger partial charge in [-0.25, -0.2) is 4.79 Å². The van der Waals surface area contributed by atoms with Crippen molar-refractivity contribution in [1.82, 2.24) is 4.90 Å². The third-order valence-corrected chi connectivity index (χ3v) is 16.0. The van der Waals surface area contributed by atoms with Gasteiger partial charge < -0.3 is 24.0 Å². The number of anilines is 2. The minimum absolute atomic E-state index is 0.0829. The van der Waals surface area contributed by atoms with Crippen molar-refractivity contribution in [2.24, 2.45) is 0 Å². The number of aryl methyl sites for hydroxylation is 1. The molecule has 2 amide bonds. The summed E-state index contributed by atoms with van der Waals surface area (Å²) in [6, 6.07) is 20.4. The second-order valence-corrected chi connectivity index (χ2v) is 20.9. The van der Waals surface area contributed by atoms with Crippen molar-refractivity contribution < 1.29 is 28.2 Å². The van der Waals surface area contributed by atoms with Gasteiger partial charge in [-0.15, -0.1) is 0 Å². The average molecular weight is 734 g/mol. The Morgan fingerprint density at radius 1 is 0.961 bits per heavy atom. The highest BCUT2D eigenvalue weighted by Crippen LogP contribution is 2.48. The molecule has 5 atom stereocenters. The molecule has 0 radical (unpaired) electrons. The summed E-state index contributed by atoms with van der Waals surface area (Å²) in [5.74, 6) is 0.519. The Kier molecular flexibility index (Phi) is 11.2. The number of rotatable bonds is 13. The Morgan fingerprint density at radius 3 is 2.33 bits per heavy atom. The lowest BCUT2D eigenvalue weighted by molar-refractivity contribution is -0.116. The maximum Gasteiger partial charge on any atom is 0.411 e. The molecule has 9 nitrogen and oxygen atoms in total. The molecule has 2 N–H and O–H groups in total. The van der Waals surface area contributed by atoms with E-state index in [1.165, 1.54) is 0 Å². The Morgan fingerprint density at radius 2 is 1.67 bits per heavy atom. The zero-order chi connectivity index (χ0) is 36.5. The zero-order valence-corrected chi connectivity index (χ0v) is 32.6. The Bertz CT molecular complexity index is 1710. The number of carbonyl (C=O) groups is 2. The summed E-state index contributed by atoms with van der Waals surface area (Å²) in [7, 11) is 1.79. The highest BCUT2D eigenvalue weighted by molar-refractivity contribution is 6.74. The van der Waals surface area contributed by atoms with Crippen LogP contribution in [0.5, 0.6) is 5.75 Å². The maximum absolute atomic E-state index is 13.2. The van der Waals surface area contributed by atoms with E-state index in [-0.39, 0.29) is 29.3 Å². The van der Waals surface area contributed by atoms with Crippen LogP contribution in [-0.4, -0.2) is 69.8 Å². The van der Waals surface area contributed by atoms with E-state index in [9.17, 15) is 9.59 Å². The number of amides is 2. The Balaban J connectivity index is 1.02. The molecule has 3 aliphatic rings. The number of ether oxygens (including phenoxy) is 3. The molecule has 0 aliphatic carbocycles. The lowest BCUT2D eigenvalue weighted by Crippen LogP contribution is -2.48. The van der Waals surface area contributed by atoms with Crippen LogP contribution < -0.4 is 15.4 Å². The summed E-state index contributed by atoms with van der Waals surface area (Å²) >= 11 is 6.61. The molecule has 3 aromatic rings. The van der Waals surface area contributed by atoms with Gasteiger partial charge >= 0.3 is 6.09 Å². The van der Waals surface area contributed by atoms with E-state index < -0.39 is 14.4 Å². The molecule has 0 aromatic heterocycles. The quantitative estimate of drug-likeness (QED) is 0.103. The molecule has 3 aliphatic heterocycles. The van der Waals surface area contributed by atoms with Gasteiger partial charge in [-0.1, -0.05) is 74.8 Å². The highest BCUT2D eigenvalue weighted by atomic mass is 35.5. The lowest BCUT2D eigenvalue weighted by Gasteiger charge is -2.37. The minimum Gasteiger partial charge on any atom is -0.496 e. The highest BCUT2D eigenvalue weighted by Gasteiger charge is 2.62. The molecule has 2 bridgehead atoms. The molecule has 11 heteroatoms. The second kappa shape index (κ2) is 15.3. The molecule has 274 valence electrons. The fourth-order valence-corrected chi connectivity index (χ4v) is 8.29. The number of morpholine rings is 1. The van der Waals surface area contributed by atoms with Crippen molar-refractivity contribution in [2.45, 2.75) is 114 Å². The fraction of sp³-hybridized carbons (Fsp3) is 0.500. The number of hydrogen-bond acceptors (Lipinski definition) is 7. The molecule has 3 saturated heterocycles. The summed E-state index contributed by atoms with van der Waals surface area (Å²) in [4.78, 5) is 28.5. The van der Waals surface area contributed by atoms with E-state index >= 15 is 0 Å². The number of epoxide rings is 1. The topological polar surface area (TPSA) is 102 Å². The summed E-state index contributed by atoms with van der Waals surface area (Å²) in [6.45, 7) is 11.4. The summed E-state index contributed by atoms with van der Waals surface area (Å²) in [6.07, 6.45) is 4.18. The number of methoxy groups -OCH3 is 1. The zero-order valence-electron chi connectivity index (χ0n) is 30.9. The summed E-state index contributed by atoms with van der Waals surface area (Å²) < 4.78 is 23.8. The van der Waals surface area contributed by atoms with Crippen molar-refractivity contribution in [3.63, 3.8) is 0 Å². The molecule has 0 spiro atoms. The first kappa shape index (κ1) is 37.3. The van der Waals surface area contributed by atoms with Crippen LogP contribution >= 0.6 is 11.6 Å². The van der Waals surface area contributed by atoms with Crippen molar-refractivity contribution in [3.8, 4) is 16.9 Å². The van der Waals surface area contributed by atoms with Crippen LogP contribution in [0.1, 0.15) is 64.0 Å². The molecule has 3 fully saturated rings. The average Bonchev–Trinajstić information content (AvgIpc) is 3.85. The molecule has 6 rings (SSSR count). The first-order valence-corrected chi connectivity index (χ1v) is 21.4. The Hall–Kier alpha value is -3.41. The number of hydrogen-bond donors (Lipinski definition) is 2. The standard InChI is InChI=1S/C40H52ClN3O6Si/c1-40(2,3)51(6,7)48-24-27-20-30(41)32(23-35(27)47-5)42-36(45)16-12-11-13-25-17-18-29(26-14-9-8-10-15-26)31(19-25)43-39(46)49-28-21-33-37-38(50-37)34(22-28)44(33)4/h8-10,14-15,17-20,23,28,33-34,37-38H,11-13,16,21-22,24H2,1-7H3,(H,42,45)(H,43,46)/t28?,33-,34+,37-,38+. The third-order valence-electron chi connectivity index (χ3n) is 11.2. The van der Waals surface area contributed by atoms with Crippen LogP contribution in [-0.2, 0) is 31.7 Å². The van der Waals surface area contributed by atoms with Gasteiger partial charge in [0.25, 0.3) is 0 Å². The normalized spacial score (nSPS) is 22.6. The first-order valence-electron chi connectivity index (χ1n) is 18.1. The van der Waals surface area contributed by atoms with Gasteiger partial charge in [-0.2, -0.15) is 0 Å². The number of piperidine rings is 1. The summed E-state index contributed by atoms with van der Waals surface area (Å²) in [5, 5.41) is 6.55. The number of benzene rings is 3. The van der Waals surface area contributed by atoms with Gasteiger partial charge in [-0.05, 0) is 67.7 Å². The molecule has 1 unspecified atom stereocenters. The number of carbonyl (C=O) groups excluding carboxylic acids is 2. The van der Waals surface area contributed by atoms with Crippen molar-refractivity contribution in [2.75, 3.05) is 24.8 Å². The Labute approximate surface area is 308 Å². The lowest BCUT2D eigenvalue weighted by atomic mass is 9.99. The van der Waals surface area contributed by atoms with Crippen LogP contribution in [0.15, 0.2) is 60.7 Å². The van der Waals surface area contributed by atoms with Crippen molar-refractivity contribution in [3.05, 3.63) is 76.8 Å². The number of halogens is 1. The number of fused-ring (bicyclic) bond motifs is 5. The van der Waals surface area contributed by atoms with E-state index in [0.29, 0.717) is 53.7 Å². The van der Waals surface area contributed by atoms with E-state index in [4.69, 9.17) is 30.2 Å². The minimum atomic E-state index is -1.96. The number of nitrogens with zero attached hydrogens (tertiary/aromatic N) is 1. The van der Waals surface area contributed by atoms with Crippen LogP contribution in [0.25, 0.3) is 11.1 Å². The number of nitrogens with one attached hydrogen (secondary N) is 2. The molecule has 3 heterocycles. The van der Waals surface area contributed by atoms with Gasteiger partial charge in [0, 0.05) is 48.5 Å². The van der Waals surface area contributed by atoms with Gasteiger partial charge in [0.05, 0.1) is 30.1 Å². The third kappa shape index (κ3) is 8.63. The molecule has 51 heavy (non-hydrogen) atoms. The maximum atomic E-state index is 13.2. The van der Waals surface area contributed by atoms with Crippen LogP contribution in [0.4, 0.5) is 16.2 Å². The molecular weight excluding hydrogens is 682 g/mol. The van der Waals surface area contributed by atoms with Crippen molar-refractivity contribution >= 4 is 43.3 Å². The SMILES string of the molecule is COc1cc(NC(=O)CCCCc2ccc(-c3ccccc3)c(NC(=O)OC3C[C@@H]4[C@H]5O[C@H]5[C@H](C3)N4C)c2)c(Cl)cc1CO[Si](C)(C)C(C)(C)C. The molecular formula is C40H52ClN3O6Si. The summed E-state index contributed by atoms with van der Waals surface area (Å²) in [5.41, 5.74) is 5.10. The van der Waals surface area contributed by atoms with Crippen molar-refractivity contribution in [1.29, 1.82) is 0 Å². The monoisotopic (exact) mass is 733 g/mol. The van der Waals surface area contributed by atoms with Gasteiger partial charge in [-0.3, -0.25) is 15.0 Å².